The Labute approximate surface area is 84.4 Å². The van der Waals surface area contributed by atoms with Crippen molar-refractivity contribution >= 4 is 5.82 Å². The van der Waals surface area contributed by atoms with Gasteiger partial charge in [-0.3, -0.25) is 0 Å². The van der Waals surface area contributed by atoms with Gasteiger partial charge < -0.3 is 15.7 Å². The molecule has 1 rings (SSSR count). The molecule has 0 radical (unpaired) electrons. The predicted molar refractivity (Wildman–Crippen MR) is 57.2 cm³/mol. The third-order valence-electron chi connectivity index (χ3n) is 2.04. The summed E-state index contributed by atoms with van der Waals surface area (Å²) in [5, 5.41) is 9.80. The molecule has 1 heterocycles. The number of hydrogen-bond donors (Lipinski definition) is 2. The second-order valence-electron chi connectivity index (χ2n) is 3.40. The molecule has 0 aromatic carbocycles. The number of hydrogen-bond acceptors (Lipinski definition) is 4. The largest absolute Gasteiger partial charge is 0.388 e. The Morgan fingerprint density at radius 2 is 2.29 bits per heavy atom. The van der Waals surface area contributed by atoms with Crippen molar-refractivity contribution in [3.05, 3.63) is 23.9 Å². The highest BCUT2D eigenvalue weighted by molar-refractivity contribution is 5.46. The molecule has 0 aliphatic rings. The van der Waals surface area contributed by atoms with Crippen LogP contribution in [0.1, 0.15) is 18.1 Å². The summed E-state index contributed by atoms with van der Waals surface area (Å²) >= 11 is 0. The van der Waals surface area contributed by atoms with E-state index < -0.39 is 6.10 Å². The van der Waals surface area contributed by atoms with E-state index in [9.17, 15) is 5.11 Å². The minimum absolute atomic E-state index is 0.475. The lowest BCUT2D eigenvalue weighted by molar-refractivity contribution is 0.170. The first-order chi connectivity index (χ1) is 6.66. The van der Waals surface area contributed by atoms with Crippen LogP contribution in [0.4, 0.5) is 5.82 Å². The number of anilines is 1. The molecule has 0 aliphatic carbocycles. The molecule has 0 fully saturated rings. The second-order valence-corrected chi connectivity index (χ2v) is 3.40. The molecule has 1 aromatic rings. The van der Waals surface area contributed by atoms with Crippen molar-refractivity contribution in [2.75, 3.05) is 25.5 Å². The Morgan fingerprint density at radius 3 is 2.86 bits per heavy atom. The van der Waals surface area contributed by atoms with E-state index in [1.807, 2.05) is 31.1 Å². The van der Waals surface area contributed by atoms with Crippen LogP contribution in [0.25, 0.3) is 0 Å². The number of pyridine rings is 1. The zero-order valence-corrected chi connectivity index (χ0v) is 8.64. The normalized spacial score (nSPS) is 12.6. The maximum Gasteiger partial charge on any atom is 0.133 e. The van der Waals surface area contributed by atoms with E-state index in [0.29, 0.717) is 13.0 Å². The van der Waals surface area contributed by atoms with E-state index in [2.05, 4.69) is 4.98 Å². The molecule has 78 valence electrons. The Kier molecular flexibility index (Phi) is 3.85. The van der Waals surface area contributed by atoms with Gasteiger partial charge in [-0.05, 0) is 19.0 Å². The van der Waals surface area contributed by atoms with Crippen LogP contribution in [0.2, 0.25) is 0 Å². The summed E-state index contributed by atoms with van der Waals surface area (Å²) in [4.78, 5) is 6.09. The Morgan fingerprint density at radius 1 is 1.57 bits per heavy atom. The smallest absolute Gasteiger partial charge is 0.133 e. The molecule has 4 nitrogen and oxygen atoms in total. The molecule has 4 heteroatoms. The van der Waals surface area contributed by atoms with Crippen LogP contribution in [-0.2, 0) is 0 Å². The number of aliphatic hydroxyl groups excluding tert-OH is 1. The van der Waals surface area contributed by atoms with Crippen molar-refractivity contribution in [3.63, 3.8) is 0 Å². The highest BCUT2D eigenvalue weighted by Crippen LogP contribution is 2.23. The summed E-state index contributed by atoms with van der Waals surface area (Å²) in [6.45, 7) is 0.475. The van der Waals surface area contributed by atoms with Gasteiger partial charge in [0.25, 0.3) is 0 Å². The lowest BCUT2D eigenvalue weighted by atomic mass is 10.1. The standard InChI is InChI=1S/C10H17N3O/c1-13(2)10-8(4-3-7-12-10)9(14)5-6-11/h3-4,7,9,14H,5-6,11H2,1-2H3/t9-/m1/s1. The topological polar surface area (TPSA) is 62.4 Å². The molecular weight excluding hydrogens is 178 g/mol. The molecule has 1 aromatic heterocycles. The summed E-state index contributed by atoms with van der Waals surface area (Å²) in [7, 11) is 3.81. The number of nitrogens with two attached hydrogens (primary N) is 1. The Balaban J connectivity index is 2.94. The van der Waals surface area contributed by atoms with Crippen LogP contribution < -0.4 is 10.6 Å². The second kappa shape index (κ2) is 4.93. The molecule has 14 heavy (non-hydrogen) atoms. The molecule has 3 N–H and O–H groups in total. The predicted octanol–water partition coefficient (Wildman–Crippen LogP) is 0.530. The maximum atomic E-state index is 9.80. The van der Waals surface area contributed by atoms with Gasteiger partial charge in [0.2, 0.25) is 0 Å². The highest BCUT2D eigenvalue weighted by Gasteiger charge is 2.13. The molecule has 0 saturated carbocycles. The molecule has 0 unspecified atom stereocenters. The minimum atomic E-state index is -0.522. The molecule has 1 atom stereocenters. The fraction of sp³-hybridized carbons (Fsp3) is 0.500. The number of nitrogens with zero attached hydrogens (tertiary/aromatic N) is 2. The van der Waals surface area contributed by atoms with Gasteiger partial charge >= 0.3 is 0 Å². The molecular formula is C10H17N3O. The highest BCUT2D eigenvalue weighted by atomic mass is 16.3. The van der Waals surface area contributed by atoms with Crippen molar-refractivity contribution in [2.45, 2.75) is 12.5 Å². The summed E-state index contributed by atoms with van der Waals surface area (Å²) in [6, 6.07) is 3.70. The van der Waals surface area contributed by atoms with E-state index >= 15 is 0 Å². The third kappa shape index (κ3) is 2.43. The third-order valence-corrected chi connectivity index (χ3v) is 2.04. The lowest BCUT2D eigenvalue weighted by Gasteiger charge is -2.18. The van der Waals surface area contributed by atoms with E-state index in [0.717, 1.165) is 11.4 Å². The fourth-order valence-corrected chi connectivity index (χ4v) is 1.36. The zero-order chi connectivity index (χ0) is 10.6. The monoisotopic (exact) mass is 195 g/mol. The van der Waals surface area contributed by atoms with Crippen LogP contribution >= 0.6 is 0 Å². The van der Waals surface area contributed by atoms with Gasteiger partial charge in [-0.1, -0.05) is 6.07 Å². The van der Waals surface area contributed by atoms with Crippen molar-refractivity contribution in [1.82, 2.24) is 4.98 Å². The quantitative estimate of drug-likeness (QED) is 0.735. The summed E-state index contributed by atoms with van der Waals surface area (Å²) < 4.78 is 0. The van der Waals surface area contributed by atoms with Crippen LogP contribution in [0.5, 0.6) is 0 Å². The first kappa shape index (κ1) is 10.9. The van der Waals surface area contributed by atoms with Crippen molar-refractivity contribution < 1.29 is 5.11 Å². The molecule has 0 spiro atoms. The lowest BCUT2D eigenvalue weighted by Crippen LogP contribution is -2.16. The summed E-state index contributed by atoms with van der Waals surface area (Å²) in [5.74, 6) is 0.799. The van der Waals surface area contributed by atoms with Crippen molar-refractivity contribution in [3.8, 4) is 0 Å². The molecule has 0 amide bonds. The zero-order valence-electron chi connectivity index (χ0n) is 8.64. The van der Waals surface area contributed by atoms with Gasteiger partial charge in [-0.2, -0.15) is 0 Å². The van der Waals surface area contributed by atoms with E-state index in [1.165, 1.54) is 0 Å². The molecule has 0 bridgehead atoms. The number of rotatable bonds is 4. The van der Waals surface area contributed by atoms with Crippen LogP contribution in [0.15, 0.2) is 18.3 Å². The van der Waals surface area contributed by atoms with Gasteiger partial charge in [-0.15, -0.1) is 0 Å². The van der Waals surface area contributed by atoms with Crippen molar-refractivity contribution in [1.29, 1.82) is 0 Å². The molecule has 0 aliphatic heterocycles. The average Bonchev–Trinajstić information content (AvgIpc) is 2.18. The van der Waals surface area contributed by atoms with Gasteiger partial charge in [0.15, 0.2) is 0 Å². The van der Waals surface area contributed by atoms with Gasteiger partial charge in [-0.25, -0.2) is 4.98 Å². The van der Waals surface area contributed by atoms with E-state index in [-0.39, 0.29) is 0 Å². The first-order valence-corrected chi connectivity index (χ1v) is 4.67. The van der Waals surface area contributed by atoms with E-state index in [1.54, 1.807) is 6.20 Å². The first-order valence-electron chi connectivity index (χ1n) is 4.67. The number of aromatic nitrogens is 1. The average molecular weight is 195 g/mol. The Bertz CT molecular complexity index is 288. The van der Waals surface area contributed by atoms with Crippen LogP contribution in [0, 0.1) is 0 Å². The van der Waals surface area contributed by atoms with Crippen molar-refractivity contribution in [2.24, 2.45) is 5.73 Å². The van der Waals surface area contributed by atoms with Gasteiger partial charge in [0, 0.05) is 25.9 Å². The Hall–Kier alpha value is -1.13. The molecule has 0 saturated heterocycles. The van der Waals surface area contributed by atoms with E-state index in [4.69, 9.17) is 5.73 Å². The van der Waals surface area contributed by atoms with Crippen LogP contribution in [-0.4, -0.2) is 30.7 Å². The van der Waals surface area contributed by atoms with Crippen LogP contribution in [0.3, 0.4) is 0 Å². The number of aliphatic hydroxyl groups is 1. The maximum absolute atomic E-state index is 9.80. The SMILES string of the molecule is CN(C)c1ncccc1[C@H](O)CCN. The minimum Gasteiger partial charge on any atom is -0.388 e. The summed E-state index contributed by atoms with van der Waals surface area (Å²) in [5.41, 5.74) is 6.24. The van der Waals surface area contributed by atoms with Gasteiger partial charge in [0.05, 0.1) is 6.10 Å². The fourth-order valence-electron chi connectivity index (χ4n) is 1.36. The van der Waals surface area contributed by atoms with Gasteiger partial charge in [0.1, 0.15) is 5.82 Å². The summed E-state index contributed by atoms with van der Waals surface area (Å²) in [6.07, 6.45) is 1.76.